The Bertz CT molecular complexity index is 298. The molecule has 2 aliphatic heterocycles. The summed E-state index contributed by atoms with van der Waals surface area (Å²) in [5, 5.41) is 3.45. The molecule has 2 aliphatic rings. The lowest BCUT2D eigenvalue weighted by Crippen LogP contribution is -2.26. The van der Waals surface area contributed by atoms with Gasteiger partial charge in [0.15, 0.2) is 0 Å². The Morgan fingerprint density at radius 1 is 1.46 bits per heavy atom. The first kappa shape index (κ1) is 7.47. The van der Waals surface area contributed by atoms with Crippen LogP contribution in [0, 0.1) is 0 Å². The SMILES string of the molecule is c1cc(CN2CCC3NC32)ccn1. The number of hydrogen-bond acceptors (Lipinski definition) is 3. The minimum atomic E-state index is 0.674. The van der Waals surface area contributed by atoms with Gasteiger partial charge < -0.3 is 0 Å². The summed E-state index contributed by atoms with van der Waals surface area (Å²) in [6.07, 6.45) is 5.72. The Kier molecular flexibility index (Phi) is 1.60. The first-order chi connectivity index (χ1) is 6.43. The van der Waals surface area contributed by atoms with Gasteiger partial charge in [0, 0.05) is 31.5 Å². The molecule has 2 atom stereocenters. The Morgan fingerprint density at radius 2 is 2.31 bits per heavy atom. The molecule has 3 rings (SSSR count). The lowest BCUT2D eigenvalue weighted by atomic mass is 10.2. The van der Waals surface area contributed by atoms with E-state index in [1.807, 2.05) is 12.4 Å². The predicted molar refractivity (Wildman–Crippen MR) is 50.0 cm³/mol. The van der Waals surface area contributed by atoms with Crippen molar-refractivity contribution in [1.29, 1.82) is 0 Å². The molecule has 0 amide bonds. The molecular weight excluding hydrogens is 162 g/mol. The number of hydrogen-bond donors (Lipinski definition) is 1. The van der Waals surface area contributed by atoms with Gasteiger partial charge in [-0.25, -0.2) is 0 Å². The second-order valence-electron chi connectivity index (χ2n) is 3.83. The minimum absolute atomic E-state index is 0.674. The lowest BCUT2D eigenvalue weighted by Gasteiger charge is -2.16. The predicted octanol–water partition coefficient (Wildman–Crippen LogP) is 0.585. The van der Waals surface area contributed by atoms with E-state index in [1.54, 1.807) is 0 Å². The first-order valence-electron chi connectivity index (χ1n) is 4.82. The Labute approximate surface area is 77.8 Å². The van der Waals surface area contributed by atoms with Gasteiger partial charge in [-0.3, -0.25) is 15.2 Å². The largest absolute Gasteiger partial charge is 0.295 e. The molecule has 0 radical (unpaired) electrons. The Hall–Kier alpha value is -0.930. The lowest BCUT2D eigenvalue weighted by molar-refractivity contribution is 0.282. The Morgan fingerprint density at radius 3 is 2.92 bits per heavy atom. The van der Waals surface area contributed by atoms with E-state index in [2.05, 4.69) is 27.3 Å². The molecule has 3 nitrogen and oxygen atoms in total. The summed E-state index contributed by atoms with van der Waals surface area (Å²) >= 11 is 0. The van der Waals surface area contributed by atoms with Crippen molar-refractivity contribution < 1.29 is 0 Å². The summed E-state index contributed by atoms with van der Waals surface area (Å²) < 4.78 is 0. The zero-order valence-corrected chi connectivity index (χ0v) is 7.48. The van der Waals surface area contributed by atoms with E-state index in [0.717, 1.165) is 12.6 Å². The van der Waals surface area contributed by atoms with Crippen LogP contribution < -0.4 is 5.32 Å². The van der Waals surface area contributed by atoms with Gasteiger partial charge in [-0.2, -0.15) is 0 Å². The van der Waals surface area contributed by atoms with Crippen LogP contribution in [0.15, 0.2) is 24.5 Å². The molecule has 2 unspecified atom stereocenters. The van der Waals surface area contributed by atoms with Gasteiger partial charge in [-0.1, -0.05) is 0 Å². The van der Waals surface area contributed by atoms with Gasteiger partial charge in [-0.15, -0.1) is 0 Å². The van der Waals surface area contributed by atoms with Crippen molar-refractivity contribution in [3.8, 4) is 0 Å². The van der Waals surface area contributed by atoms with E-state index in [-0.39, 0.29) is 0 Å². The highest BCUT2D eigenvalue weighted by Gasteiger charge is 2.45. The summed E-state index contributed by atoms with van der Waals surface area (Å²) in [6.45, 7) is 2.31. The van der Waals surface area contributed by atoms with Crippen LogP contribution in [0.3, 0.4) is 0 Å². The van der Waals surface area contributed by atoms with Crippen LogP contribution in [0.1, 0.15) is 12.0 Å². The number of aromatic nitrogens is 1. The van der Waals surface area contributed by atoms with Gasteiger partial charge in [0.05, 0.1) is 6.17 Å². The average molecular weight is 175 g/mol. The summed E-state index contributed by atoms with van der Waals surface area (Å²) in [4.78, 5) is 6.52. The Balaban J connectivity index is 1.69. The van der Waals surface area contributed by atoms with Crippen molar-refractivity contribution in [3.05, 3.63) is 30.1 Å². The van der Waals surface area contributed by atoms with E-state index in [0.29, 0.717) is 6.17 Å². The molecule has 68 valence electrons. The fourth-order valence-electron chi connectivity index (χ4n) is 2.11. The van der Waals surface area contributed by atoms with E-state index < -0.39 is 0 Å². The summed E-state index contributed by atoms with van der Waals surface area (Å²) in [6, 6.07) is 4.98. The number of rotatable bonds is 2. The molecule has 1 aromatic rings. The minimum Gasteiger partial charge on any atom is -0.295 e. The fourth-order valence-corrected chi connectivity index (χ4v) is 2.11. The molecule has 2 saturated heterocycles. The fraction of sp³-hybridized carbons (Fsp3) is 0.500. The zero-order chi connectivity index (χ0) is 8.67. The van der Waals surface area contributed by atoms with Crippen LogP contribution in [-0.2, 0) is 6.54 Å². The first-order valence-corrected chi connectivity index (χ1v) is 4.82. The van der Waals surface area contributed by atoms with Crippen LogP contribution >= 0.6 is 0 Å². The van der Waals surface area contributed by atoms with E-state index in [1.165, 1.54) is 18.5 Å². The van der Waals surface area contributed by atoms with Crippen LogP contribution in [0.5, 0.6) is 0 Å². The highest BCUT2D eigenvalue weighted by Crippen LogP contribution is 2.28. The van der Waals surface area contributed by atoms with Gasteiger partial charge in [-0.05, 0) is 24.1 Å². The highest BCUT2D eigenvalue weighted by atomic mass is 15.4. The van der Waals surface area contributed by atoms with E-state index in [9.17, 15) is 0 Å². The number of fused-ring (bicyclic) bond motifs is 1. The number of pyridine rings is 1. The molecule has 3 heterocycles. The van der Waals surface area contributed by atoms with Crippen LogP contribution in [-0.4, -0.2) is 28.6 Å². The third-order valence-corrected chi connectivity index (χ3v) is 2.91. The molecule has 1 aromatic heterocycles. The van der Waals surface area contributed by atoms with E-state index in [4.69, 9.17) is 0 Å². The van der Waals surface area contributed by atoms with Gasteiger partial charge >= 0.3 is 0 Å². The normalized spacial score (nSPS) is 31.7. The second kappa shape index (κ2) is 2.79. The molecule has 0 aromatic carbocycles. The van der Waals surface area contributed by atoms with Crippen LogP contribution in [0.2, 0.25) is 0 Å². The van der Waals surface area contributed by atoms with Crippen LogP contribution in [0.4, 0.5) is 0 Å². The summed E-state index contributed by atoms with van der Waals surface area (Å²) in [5.41, 5.74) is 1.37. The van der Waals surface area contributed by atoms with Crippen LogP contribution in [0.25, 0.3) is 0 Å². The van der Waals surface area contributed by atoms with Crippen molar-refractivity contribution in [2.45, 2.75) is 25.2 Å². The van der Waals surface area contributed by atoms with Crippen molar-refractivity contribution in [2.75, 3.05) is 6.54 Å². The maximum Gasteiger partial charge on any atom is 0.0762 e. The maximum absolute atomic E-state index is 4.02. The smallest absolute Gasteiger partial charge is 0.0762 e. The topological polar surface area (TPSA) is 38.1 Å². The molecule has 2 fully saturated rings. The number of nitrogens with one attached hydrogen (secondary N) is 1. The highest BCUT2D eigenvalue weighted by molar-refractivity contribution is 5.12. The van der Waals surface area contributed by atoms with Crippen molar-refractivity contribution >= 4 is 0 Å². The number of nitrogens with zero attached hydrogens (tertiary/aromatic N) is 2. The molecule has 0 saturated carbocycles. The maximum atomic E-state index is 4.02. The zero-order valence-electron chi connectivity index (χ0n) is 7.48. The van der Waals surface area contributed by atoms with Gasteiger partial charge in [0.1, 0.15) is 0 Å². The van der Waals surface area contributed by atoms with Gasteiger partial charge in [0.25, 0.3) is 0 Å². The summed E-state index contributed by atoms with van der Waals surface area (Å²) in [5.74, 6) is 0. The molecule has 0 bridgehead atoms. The van der Waals surface area contributed by atoms with Gasteiger partial charge in [0.2, 0.25) is 0 Å². The molecule has 0 spiro atoms. The molecule has 0 aliphatic carbocycles. The van der Waals surface area contributed by atoms with Crippen molar-refractivity contribution in [1.82, 2.24) is 15.2 Å². The molecule has 3 heteroatoms. The molecule has 1 N–H and O–H groups in total. The third kappa shape index (κ3) is 1.34. The van der Waals surface area contributed by atoms with Crippen molar-refractivity contribution in [2.24, 2.45) is 0 Å². The monoisotopic (exact) mass is 175 g/mol. The third-order valence-electron chi connectivity index (χ3n) is 2.91. The summed E-state index contributed by atoms with van der Waals surface area (Å²) in [7, 11) is 0. The standard InChI is InChI=1S/C10H13N3/c1-4-11-5-2-8(1)7-13-6-3-9-10(13)12-9/h1-2,4-5,9-10,12H,3,6-7H2. The quantitative estimate of drug-likeness (QED) is 0.668. The number of likely N-dealkylation sites (tertiary alicyclic amines) is 1. The van der Waals surface area contributed by atoms with Crippen molar-refractivity contribution in [3.63, 3.8) is 0 Å². The van der Waals surface area contributed by atoms with E-state index >= 15 is 0 Å². The molecular formula is C10H13N3. The molecule has 13 heavy (non-hydrogen) atoms. The average Bonchev–Trinajstić information content (AvgIpc) is 2.86. The second-order valence-corrected chi connectivity index (χ2v) is 3.83.